The maximum Gasteiger partial charge on any atom is 0.237 e. The first-order valence-electron chi connectivity index (χ1n) is 7.04. The minimum absolute atomic E-state index is 0.0775. The maximum atomic E-state index is 12.1. The van der Waals surface area contributed by atoms with Crippen LogP contribution in [0.4, 0.5) is 0 Å². The Hall–Kier alpha value is -0.550. The molecule has 0 spiro atoms. The first-order chi connectivity index (χ1) is 9.02. The maximum absolute atomic E-state index is 12.1. The highest BCUT2D eigenvalue weighted by molar-refractivity contribution is 7.99. The molecule has 0 aromatic heterocycles. The van der Waals surface area contributed by atoms with Crippen molar-refractivity contribution in [3.8, 4) is 0 Å². The molecule has 2 unspecified atom stereocenters. The summed E-state index contributed by atoms with van der Waals surface area (Å²) in [5.41, 5.74) is 0. The zero-order valence-corrected chi connectivity index (χ0v) is 12.5. The fourth-order valence-corrected chi connectivity index (χ4v) is 3.89. The number of nitrogens with zero attached hydrogens (tertiary/aromatic N) is 1. The number of hydrogen-bond donors (Lipinski definition) is 1. The van der Waals surface area contributed by atoms with Gasteiger partial charge in [0.25, 0.3) is 0 Å². The van der Waals surface area contributed by atoms with Gasteiger partial charge in [0.15, 0.2) is 0 Å². The molecule has 2 aliphatic rings. The quantitative estimate of drug-likeness (QED) is 0.853. The Bertz CT molecular complexity index is 353. The van der Waals surface area contributed by atoms with E-state index in [0.717, 1.165) is 25.7 Å². The van der Waals surface area contributed by atoms with Crippen LogP contribution in [0, 0.1) is 11.8 Å². The van der Waals surface area contributed by atoms with Crippen LogP contribution in [0.2, 0.25) is 0 Å². The summed E-state index contributed by atoms with van der Waals surface area (Å²) < 4.78 is 0. The molecular formula is C14H23NO3S. The zero-order chi connectivity index (χ0) is 14.0. The second-order valence-corrected chi connectivity index (χ2v) is 6.80. The van der Waals surface area contributed by atoms with E-state index in [9.17, 15) is 14.7 Å². The lowest BCUT2D eigenvalue weighted by Gasteiger charge is -2.31. The number of likely N-dealkylation sites (tertiary alicyclic amines) is 1. The van der Waals surface area contributed by atoms with E-state index in [4.69, 9.17) is 0 Å². The summed E-state index contributed by atoms with van der Waals surface area (Å²) in [5.74, 6) is 1.02. The molecule has 1 N–H and O–H groups in total. The second-order valence-electron chi connectivity index (χ2n) is 5.76. The molecular weight excluding hydrogens is 262 g/mol. The van der Waals surface area contributed by atoms with Gasteiger partial charge >= 0.3 is 0 Å². The number of ketones is 1. The van der Waals surface area contributed by atoms with Gasteiger partial charge in [0, 0.05) is 18.9 Å². The zero-order valence-electron chi connectivity index (χ0n) is 11.7. The molecule has 0 aromatic rings. The van der Waals surface area contributed by atoms with Crippen LogP contribution in [-0.2, 0) is 9.59 Å². The third kappa shape index (κ3) is 3.31. The van der Waals surface area contributed by atoms with E-state index in [1.54, 1.807) is 11.8 Å². The number of rotatable bonds is 4. The molecule has 0 radical (unpaired) electrons. The van der Waals surface area contributed by atoms with Gasteiger partial charge in [-0.3, -0.25) is 9.59 Å². The van der Waals surface area contributed by atoms with Crippen LogP contribution in [0.3, 0.4) is 0 Å². The van der Waals surface area contributed by atoms with Crippen LogP contribution in [0.1, 0.15) is 39.0 Å². The monoisotopic (exact) mass is 285 g/mol. The average molecular weight is 285 g/mol. The van der Waals surface area contributed by atoms with Crippen LogP contribution in [0.25, 0.3) is 0 Å². The molecule has 4 nitrogen and oxygen atoms in total. The molecule has 1 heterocycles. The minimum Gasteiger partial charge on any atom is -0.373 e. The van der Waals surface area contributed by atoms with E-state index < -0.39 is 6.23 Å². The Morgan fingerprint density at radius 3 is 2.47 bits per heavy atom. The fourth-order valence-electron chi connectivity index (χ4n) is 3.19. The highest BCUT2D eigenvalue weighted by atomic mass is 32.2. The molecule has 1 aliphatic heterocycles. The fraction of sp³-hybridized carbons (Fsp3) is 0.857. The number of carbonyl (C=O) groups excluding carboxylic acids is 2. The Balaban J connectivity index is 1.86. The molecule has 19 heavy (non-hydrogen) atoms. The first-order valence-corrected chi connectivity index (χ1v) is 8.33. The van der Waals surface area contributed by atoms with Crippen LogP contribution < -0.4 is 0 Å². The molecule has 0 aromatic carbocycles. The summed E-state index contributed by atoms with van der Waals surface area (Å²) in [7, 11) is 0. The van der Waals surface area contributed by atoms with Crippen molar-refractivity contribution >= 4 is 23.5 Å². The predicted molar refractivity (Wildman–Crippen MR) is 75.8 cm³/mol. The van der Waals surface area contributed by atoms with E-state index in [0.29, 0.717) is 18.9 Å². The summed E-state index contributed by atoms with van der Waals surface area (Å²) in [6.45, 7) is 2.32. The van der Waals surface area contributed by atoms with Gasteiger partial charge in [-0.25, -0.2) is 0 Å². The van der Waals surface area contributed by atoms with Crippen molar-refractivity contribution < 1.29 is 14.7 Å². The molecule has 1 amide bonds. The van der Waals surface area contributed by atoms with Gasteiger partial charge in [0.2, 0.25) is 5.91 Å². The van der Waals surface area contributed by atoms with E-state index in [-0.39, 0.29) is 22.9 Å². The molecule has 1 aliphatic carbocycles. The molecule has 0 bridgehead atoms. The molecule has 2 fully saturated rings. The third-order valence-electron chi connectivity index (χ3n) is 4.50. The highest BCUT2D eigenvalue weighted by Gasteiger charge is 2.39. The van der Waals surface area contributed by atoms with Crippen LogP contribution in [-0.4, -0.2) is 46.0 Å². The van der Waals surface area contributed by atoms with E-state index in [1.165, 1.54) is 11.8 Å². The van der Waals surface area contributed by atoms with Crippen molar-refractivity contribution in [3.63, 3.8) is 0 Å². The SMILES string of the molecule is CSC1CC(O)N(CC2CCC(C(C)=O)CC2)C1=O. The molecule has 2 atom stereocenters. The Kier molecular flexibility index (Phi) is 4.90. The van der Waals surface area contributed by atoms with Gasteiger partial charge < -0.3 is 10.0 Å². The van der Waals surface area contributed by atoms with E-state index in [1.807, 2.05) is 6.26 Å². The van der Waals surface area contributed by atoms with Crippen LogP contribution in [0.15, 0.2) is 0 Å². The van der Waals surface area contributed by atoms with Gasteiger partial charge in [-0.1, -0.05) is 0 Å². The highest BCUT2D eigenvalue weighted by Crippen LogP contribution is 2.33. The largest absolute Gasteiger partial charge is 0.373 e. The summed E-state index contributed by atoms with van der Waals surface area (Å²) in [6, 6.07) is 0. The van der Waals surface area contributed by atoms with Crippen molar-refractivity contribution in [1.29, 1.82) is 0 Å². The number of amides is 1. The molecule has 108 valence electrons. The first kappa shape index (κ1) is 14.9. The normalized spacial score (nSPS) is 35.7. The smallest absolute Gasteiger partial charge is 0.237 e. The van der Waals surface area contributed by atoms with Crippen molar-refractivity contribution in [3.05, 3.63) is 0 Å². The van der Waals surface area contributed by atoms with Crippen molar-refractivity contribution in [1.82, 2.24) is 4.90 Å². The number of hydrogen-bond acceptors (Lipinski definition) is 4. The van der Waals surface area contributed by atoms with Crippen molar-refractivity contribution in [2.45, 2.75) is 50.5 Å². The van der Waals surface area contributed by atoms with E-state index >= 15 is 0 Å². The number of carbonyl (C=O) groups is 2. The van der Waals surface area contributed by atoms with Crippen LogP contribution >= 0.6 is 11.8 Å². The molecule has 2 rings (SSSR count). The van der Waals surface area contributed by atoms with Crippen molar-refractivity contribution in [2.75, 3.05) is 12.8 Å². The van der Waals surface area contributed by atoms with Gasteiger partial charge in [-0.2, -0.15) is 11.8 Å². The Morgan fingerprint density at radius 1 is 1.37 bits per heavy atom. The summed E-state index contributed by atoms with van der Waals surface area (Å²) in [5, 5.41) is 9.89. The number of Topliss-reactive ketones (excluding diaryl/α,β-unsaturated/α-hetero) is 1. The summed E-state index contributed by atoms with van der Waals surface area (Å²) in [4.78, 5) is 25.1. The Labute approximate surface area is 118 Å². The van der Waals surface area contributed by atoms with Gasteiger partial charge in [-0.15, -0.1) is 0 Å². The lowest BCUT2D eigenvalue weighted by Crippen LogP contribution is -2.39. The van der Waals surface area contributed by atoms with Crippen molar-refractivity contribution in [2.24, 2.45) is 11.8 Å². The summed E-state index contributed by atoms with van der Waals surface area (Å²) in [6.07, 6.45) is 5.69. The predicted octanol–water partition coefficient (Wildman–Crippen LogP) is 1.66. The lowest BCUT2D eigenvalue weighted by molar-refractivity contribution is -0.134. The molecule has 5 heteroatoms. The average Bonchev–Trinajstić information content (AvgIpc) is 2.67. The minimum atomic E-state index is -0.615. The molecule has 1 saturated heterocycles. The molecule has 1 saturated carbocycles. The topological polar surface area (TPSA) is 57.6 Å². The van der Waals surface area contributed by atoms with E-state index in [2.05, 4.69) is 0 Å². The van der Waals surface area contributed by atoms with Gasteiger partial charge in [0.1, 0.15) is 12.0 Å². The number of thioether (sulfide) groups is 1. The third-order valence-corrected chi connectivity index (χ3v) is 5.47. The lowest BCUT2D eigenvalue weighted by atomic mass is 9.80. The summed E-state index contributed by atoms with van der Waals surface area (Å²) >= 11 is 1.52. The number of aliphatic hydroxyl groups is 1. The van der Waals surface area contributed by atoms with Gasteiger partial charge in [-0.05, 0) is 44.8 Å². The Morgan fingerprint density at radius 2 is 2.00 bits per heavy atom. The van der Waals surface area contributed by atoms with Gasteiger partial charge in [0.05, 0.1) is 5.25 Å². The standard InChI is InChI=1S/C14H23NO3S/c1-9(16)11-5-3-10(4-6-11)8-15-13(17)7-12(19-2)14(15)18/h10-13,17H,3-8H2,1-2H3. The second kappa shape index (κ2) is 6.27. The number of aliphatic hydroxyl groups excluding tert-OH is 1. The van der Waals surface area contributed by atoms with Crippen LogP contribution in [0.5, 0.6) is 0 Å².